The predicted molar refractivity (Wildman–Crippen MR) is 182 cm³/mol. The van der Waals surface area contributed by atoms with Gasteiger partial charge in [0, 0.05) is 28.1 Å². The molecule has 0 spiro atoms. The van der Waals surface area contributed by atoms with Crippen molar-refractivity contribution in [2.45, 2.75) is 126 Å². The second-order valence-electron chi connectivity index (χ2n) is 12.1. The summed E-state index contributed by atoms with van der Waals surface area (Å²) in [6.07, 6.45) is 17.1. The molecule has 246 valence electrons. The number of nitrogens with zero attached hydrogens (tertiary/aromatic N) is 1. The summed E-state index contributed by atoms with van der Waals surface area (Å²) < 4.78 is 47.4. The van der Waals surface area contributed by atoms with Crippen molar-refractivity contribution in [3.63, 3.8) is 0 Å². The second kappa shape index (κ2) is 16.9. The molecule has 6 nitrogen and oxygen atoms in total. The van der Waals surface area contributed by atoms with Gasteiger partial charge in [0.1, 0.15) is 0 Å². The number of nitrogens with one attached hydrogen (secondary N) is 1. The number of anilines is 1. The topological polar surface area (TPSA) is 85.4 Å². The van der Waals surface area contributed by atoms with Crippen molar-refractivity contribution in [1.82, 2.24) is 4.98 Å². The third kappa shape index (κ3) is 10.00. The average Bonchev–Trinajstić information content (AvgIpc) is 3.81. The fraction of sp³-hybridized carbons (Fsp3) is 0.543. The number of thiazole rings is 1. The van der Waals surface area contributed by atoms with Crippen molar-refractivity contribution in [2.75, 3.05) is 5.32 Å². The lowest BCUT2D eigenvalue weighted by atomic mass is 9.86. The zero-order valence-corrected chi connectivity index (χ0v) is 28.8. The highest BCUT2D eigenvalue weighted by Crippen LogP contribution is 2.39. The summed E-state index contributed by atoms with van der Waals surface area (Å²) in [5, 5.41) is 3.16. The number of amides is 1. The lowest BCUT2D eigenvalue weighted by Gasteiger charge is -2.34. The summed E-state index contributed by atoms with van der Waals surface area (Å²) in [7, 11) is -3.43. The number of rotatable bonds is 20. The van der Waals surface area contributed by atoms with Crippen LogP contribution >= 0.6 is 22.9 Å². The number of sulfone groups is 1. The number of halogens is 2. The van der Waals surface area contributed by atoms with Crippen LogP contribution in [0.5, 0.6) is 5.75 Å². The Morgan fingerprint density at radius 3 is 2.11 bits per heavy atom. The maximum Gasteiger partial charge on any atom is 0.275 e. The number of aromatic nitrogens is 1. The van der Waals surface area contributed by atoms with Crippen molar-refractivity contribution < 1.29 is 22.3 Å². The van der Waals surface area contributed by atoms with Gasteiger partial charge in [-0.3, -0.25) is 10.1 Å². The van der Waals surface area contributed by atoms with E-state index in [1.807, 2.05) is 6.92 Å². The van der Waals surface area contributed by atoms with Crippen LogP contribution < -0.4 is 10.1 Å². The lowest BCUT2D eigenvalue weighted by molar-refractivity contribution is -0.133. The summed E-state index contributed by atoms with van der Waals surface area (Å²) in [4.78, 5) is 19.7. The van der Waals surface area contributed by atoms with Gasteiger partial charge in [-0.15, -0.1) is 11.3 Å². The Bertz CT molecular complexity index is 1490. The molecule has 1 atom stereocenters. The molecule has 1 amide bonds. The first-order valence-corrected chi connectivity index (χ1v) is 19.1. The summed E-state index contributed by atoms with van der Waals surface area (Å²) in [5.41, 5.74) is -1.20. The molecular formula is C35H46ClFN2O4S2. The fourth-order valence-corrected chi connectivity index (χ4v) is 8.08. The number of carbonyl (C=O) groups excluding carboxylic acids is 1. The fourth-order valence-electron chi connectivity index (χ4n) is 5.60. The van der Waals surface area contributed by atoms with Crippen LogP contribution in [0.2, 0.25) is 5.02 Å². The van der Waals surface area contributed by atoms with Crippen LogP contribution in [-0.4, -0.2) is 24.6 Å². The van der Waals surface area contributed by atoms with Crippen molar-refractivity contribution >= 4 is 43.8 Å². The van der Waals surface area contributed by atoms with Gasteiger partial charge >= 0.3 is 0 Å². The molecule has 0 radical (unpaired) electrons. The molecule has 0 bridgehead atoms. The first kappa shape index (κ1) is 35.4. The van der Waals surface area contributed by atoms with Gasteiger partial charge in [-0.05, 0) is 56.5 Å². The molecule has 45 heavy (non-hydrogen) atoms. The van der Waals surface area contributed by atoms with Crippen LogP contribution in [0.25, 0.3) is 0 Å². The third-order valence-corrected chi connectivity index (χ3v) is 11.7. The normalized spacial score (nSPS) is 14.7. The van der Waals surface area contributed by atoms with Crippen LogP contribution in [0.1, 0.15) is 114 Å². The first-order chi connectivity index (χ1) is 21.7. The zero-order chi connectivity index (χ0) is 32.3. The highest BCUT2D eigenvalue weighted by molar-refractivity contribution is 7.92. The number of hydrogen-bond acceptors (Lipinski definition) is 6. The molecule has 1 fully saturated rings. The SMILES string of the molecule is CCCCCCCCCCCCCCC(Oc1ccc(Cl)cc1F)(C(=O)Nc1ncc(C)s1)c1ccc(S(=O)(=O)C2CC2)cc1. The van der Waals surface area contributed by atoms with E-state index in [1.165, 1.54) is 87.0 Å². The monoisotopic (exact) mass is 676 g/mol. The number of carbonyl (C=O) groups is 1. The van der Waals surface area contributed by atoms with E-state index < -0.39 is 27.2 Å². The summed E-state index contributed by atoms with van der Waals surface area (Å²) in [6, 6.07) is 10.4. The minimum Gasteiger partial charge on any atom is -0.470 e. The Labute approximate surface area is 277 Å². The van der Waals surface area contributed by atoms with E-state index in [0.29, 0.717) is 30.0 Å². The van der Waals surface area contributed by atoms with E-state index in [4.69, 9.17) is 16.3 Å². The number of ether oxygens (including phenoxy) is 1. The quantitative estimate of drug-likeness (QED) is 0.120. The van der Waals surface area contributed by atoms with Crippen LogP contribution in [-0.2, 0) is 20.2 Å². The van der Waals surface area contributed by atoms with Crippen LogP contribution in [0.15, 0.2) is 53.6 Å². The van der Waals surface area contributed by atoms with Crippen LogP contribution in [0.4, 0.5) is 9.52 Å². The lowest BCUT2D eigenvalue weighted by Crippen LogP contribution is -2.45. The molecule has 4 rings (SSSR count). The maximum absolute atomic E-state index is 15.2. The second-order valence-corrected chi connectivity index (χ2v) is 16.0. The molecule has 0 aliphatic heterocycles. The van der Waals surface area contributed by atoms with E-state index in [1.54, 1.807) is 18.3 Å². The van der Waals surface area contributed by atoms with E-state index >= 15 is 4.39 Å². The van der Waals surface area contributed by atoms with E-state index in [-0.39, 0.29) is 27.3 Å². The number of benzene rings is 2. The first-order valence-electron chi connectivity index (χ1n) is 16.4. The Kier molecular flexibility index (Phi) is 13.3. The Morgan fingerprint density at radius 2 is 1.58 bits per heavy atom. The molecule has 10 heteroatoms. The molecule has 2 aromatic carbocycles. The third-order valence-electron chi connectivity index (χ3n) is 8.38. The predicted octanol–water partition coefficient (Wildman–Crippen LogP) is 10.2. The molecule has 1 N–H and O–H groups in total. The number of aryl methyl sites for hydroxylation is 1. The van der Waals surface area contributed by atoms with Gasteiger partial charge in [0.05, 0.1) is 10.1 Å². The molecule has 1 aliphatic carbocycles. The highest BCUT2D eigenvalue weighted by atomic mass is 35.5. The van der Waals surface area contributed by atoms with E-state index in [0.717, 1.165) is 30.2 Å². The number of unbranched alkanes of at least 4 members (excludes halogenated alkanes) is 11. The van der Waals surface area contributed by atoms with E-state index in [9.17, 15) is 13.2 Å². The molecule has 1 aliphatic rings. The smallest absolute Gasteiger partial charge is 0.275 e. The summed E-state index contributed by atoms with van der Waals surface area (Å²) in [6.45, 7) is 4.13. The Hall–Kier alpha value is -2.49. The van der Waals surface area contributed by atoms with Gasteiger partial charge in [-0.25, -0.2) is 17.8 Å². The highest BCUT2D eigenvalue weighted by Gasteiger charge is 2.44. The summed E-state index contributed by atoms with van der Waals surface area (Å²) in [5.74, 6) is -1.29. The Balaban J connectivity index is 1.53. The van der Waals surface area contributed by atoms with Gasteiger partial charge in [0.15, 0.2) is 26.5 Å². The minimum absolute atomic E-state index is 0.113. The minimum atomic E-state index is -3.43. The Morgan fingerprint density at radius 1 is 0.978 bits per heavy atom. The molecule has 3 aromatic rings. The maximum atomic E-state index is 15.2. The zero-order valence-electron chi connectivity index (χ0n) is 26.5. The van der Waals surface area contributed by atoms with Gasteiger partial charge in [-0.1, -0.05) is 101 Å². The standard InChI is InChI=1S/C35H46ClFN2O4S2/c1-3-4-5-6-7-8-9-10-11-12-13-14-23-35(33(40)39-34-38-25-26(2)44-34,43-32-22-17-28(36)24-31(32)37)27-15-18-29(19-16-27)45(41,42)30-20-21-30/h15-19,22,24-25,30H,3-14,20-21,23H2,1-2H3,(H,38,39,40). The van der Waals surface area contributed by atoms with E-state index in [2.05, 4.69) is 17.2 Å². The van der Waals surface area contributed by atoms with Crippen molar-refractivity contribution in [3.05, 3.63) is 69.9 Å². The molecule has 1 aromatic heterocycles. The van der Waals surface area contributed by atoms with Crippen molar-refractivity contribution in [3.8, 4) is 5.75 Å². The molecule has 1 heterocycles. The average molecular weight is 677 g/mol. The molecule has 1 saturated carbocycles. The van der Waals surface area contributed by atoms with Gasteiger partial charge < -0.3 is 4.74 Å². The van der Waals surface area contributed by atoms with Crippen LogP contribution in [0, 0.1) is 12.7 Å². The number of hydrogen-bond donors (Lipinski definition) is 1. The molecule has 1 unspecified atom stereocenters. The van der Waals surface area contributed by atoms with Crippen molar-refractivity contribution in [1.29, 1.82) is 0 Å². The largest absolute Gasteiger partial charge is 0.470 e. The van der Waals surface area contributed by atoms with Crippen molar-refractivity contribution in [2.24, 2.45) is 0 Å². The molecular weight excluding hydrogens is 631 g/mol. The van der Waals surface area contributed by atoms with Crippen LogP contribution in [0.3, 0.4) is 0 Å². The van der Waals surface area contributed by atoms with Gasteiger partial charge in [0.25, 0.3) is 5.91 Å². The molecule has 0 saturated heterocycles. The van der Waals surface area contributed by atoms with Gasteiger partial charge in [-0.2, -0.15) is 0 Å². The summed E-state index contributed by atoms with van der Waals surface area (Å²) >= 11 is 7.35. The van der Waals surface area contributed by atoms with Gasteiger partial charge in [0.2, 0.25) is 5.60 Å².